The zero-order valence-electron chi connectivity index (χ0n) is 13.2. The van der Waals surface area contributed by atoms with Crippen molar-refractivity contribution in [1.29, 1.82) is 0 Å². The van der Waals surface area contributed by atoms with Crippen LogP contribution < -0.4 is 5.73 Å². The van der Waals surface area contributed by atoms with E-state index in [0.717, 1.165) is 13.1 Å². The normalized spacial score (nSPS) is 17.1. The lowest BCUT2D eigenvalue weighted by molar-refractivity contribution is 0.227. The van der Waals surface area contributed by atoms with Crippen LogP contribution in [0.2, 0.25) is 0 Å². The fraction of sp³-hybridized carbons (Fsp3) is 0.529. The molecule has 2 aromatic rings. The third-order valence-electron chi connectivity index (χ3n) is 4.79. The Bertz CT molecular complexity index is 665. The van der Waals surface area contributed by atoms with Crippen molar-refractivity contribution in [2.45, 2.75) is 52.9 Å². The van der Waals surface area contributed by atoms with E-state index in [2.05, 4.69) is 56.3 Å². The largest absolute Gasteiger partial charge is 0.348 e. The Labute approximate surface area is 121 Å². The van der Waals surface area contributed by atoms with Crippen molar-refractivity contribution in [3.63, 3.8) is 0 Å². The maximum atomic E-state index is 6.19. The Morgan fingerprint density at radius 1 is 1.10 bits per heavy atom. The molecule has 20 heavy (non-hydrogen) atoms. The van der Waals surface area contributed by atoms with E-state index < -0.39 is 0 Å². The molecule has 0 spiro atoms. The van der Waals surface area contributed by atoms with Crippen molar-refractivity contribution in [1.82, 2.24) is 9.47 Å². The SMILES string of the molecule is Cc1c(C(C)N)c2cc3c(cc2n1C)CN(C(C)C)C3. The second kappa shape index (κ2) is 4.61. The Kier molecular flexibility index (Phi) is 3.14. The Balaban J connectivity index is 2.18. The summed E-state index contributed by atoms with van der Waals surface area (Å²) in [7, 11) is 2.14. The average molecular weight is 271 g/mol. The standard InChI is InChI=1S/C17H25N3/c1-10(2)20-8-13-6-15-16(7-14(13)9-20)19(5)12(4)17(15)11(3)18/h6-7,10-11H,8-9,18H2,1-5H3. The van der Waals surface area contributed by atoms with E-state index in [1.807, 2.05) is 0 Å². The molecule has 0 saturated carbocycles. The summed E-state index contributed by atoms with van der Waals surface area (Å²) in [6.45, 7) is 10.9. The lowest BCUT2D eigenvalue weighted by atomic mass is 10.0. The molecule has 2 heterocycles. The van der Waals surface area contributed by atoms with Crippen molar-refractivity contribution in [3.8, 4) is 0 Å². The molecule has 0 bridgehead atoms. The lowest BCUT2D eigenvalue weighted by Gasteiger charge is -2.18. The van der Waals surface area contributed by atoms with Gasteiger partial charge in [0, 0.05) is 48.8 Å². The molecular weight excluding hydrogens is 246 g/mol. The number of hydrogen-bond donors (Lipinski definition) is 1. The van der Waals surface area contributed by atoms with Crippen molar-refractivity contribution < 1.29 is 0 Å². The molecule has 0 aliphatic carbocycles. The first-order valence-electron chi connectivity index (χ1n) is 7.50. The molecule has 3 heteroatoms. The van der Waals surface area contributed by atoms with E-state index in [1.54, 1.807) is 0 Å². The molecule has 0 saturated heterocycles. The number of nitrogens with two attached hydrogens (primary N) is 1. The smallest absolute Gasteiger partial charge is 0.0486 e. The number of aromatic nitrogens is 1. The first-order chi connectivity index (χ1) is 9.40. The Morgan fingerprint density at radius 3 is 2.25 bits per heavy atom. The van der Waals surface area contributed by atoms with Gasteiger partial charge < -0.3 is 10.3 Å². The average Bonchev–Trinajstić information content (AvgIpc) is 2.88. The highest BCUT2D eigenvalue weighted by Gasteiger charge is 2.24. The first kappa shape index (κ1) is 13.7. The summed E-state index contributed by atoms with van der Waals surface area (Å²) in [5.74, 6) is 0. The number of hydrogen-bond acceptors (Lipinski definition) is 2. The van der Waals surface area contributed by atoms with Crippen molar-refractivity contribution in [3.05, 3.63) is 34.5 Å². The molecule has 1 atom stereocenters. The van der Waals surface area contributed by atoms with Crippen LogP contribution >= 0.6 is 0 Å². The van der Waals surface area contributed by atoms with E-state index in [4.69, 9.17) is 5.73 Å². The lowest BCUT2D eigenvalue weighted by Crippen LogP contribution is -2.24. The zero-order valence-corrected chi connectivity index (χ0v) is 13.2. The van der Waals surface area contributed by atoms with Crippen molar-refractivity contribution in [2.24, 2.45) is 12.8 Å². The van der Waals surface area contributed by atoms with E-state index in [0.29, 0.717) is 6.04 Å². The molecular formula is C17H25N3. The number of benzene rings is 1. The minimum atomic E-state index is 0.0827. The molecule has 0 amide bonds. The van der Waals surface area contributed by atoms with Crippen LogP contribution in [0.1, 0.15) is 49.2 Å². The Hall–Kier alpha value is -1.32. The maximum absolute atomic E-state index is 6.19. The minimum Gasteiger partial charge on any atom is -0.348 e. The molecule has 1 aromatic heterocycles. The van der Waals surface area contributed by atoms with Crippen molar-refractivity contribution in [2.75, 3.05) is 0 Å². The number of rotatable bonds is 2. The van der Waals surface area contributed by atoms with E-state index >= 15 is 0 Å². The van der Waals surface area contributed by atoms with Crippen LogP contribution in [0.15, 0.2) is 12.1 Å². The van der Waals surface area contributed by atoms with Gasteiger partial charge in [-0.3, -0.25) is 4.90 Å². The van der Waals surface area contributed by atoms with Crippen LogP contribution in [0.5, 0.6) is 0 Å². The van der Waals surface area contributed by atoms with Gasteiger partial charge in [-0.1, -0.05) is 0 Å². The molecule has 108 valence electrons. The van der Waals surface area contributed by atoms with Gasteiger partial charge in [0.2, 0.25) is 0 Å². The van der Waals surface area contributed by atoms with Gasteiger partial charge in [0.25, 0.3) is 0 Å². The zero-order chi connectivity index (χ0) is 14.6. The molecule has 0 radical (unpaired) electrons. The number of nitrogens with zero attached hydrogens (tertiary/aromatic N) is 2. The molecule has 3 nitrogen and oxygen atoms in total. The van der Waals surface area contributed by atoms with Gasteiger partial charge in [-0.2, -0.15) is 0 Å². The Morgan fingerprint density at radius 2 is 1.70 bits per heavy atom. The number of fused-ring (bicyclic) bond motifs is 2. The third-order valence-corrected chi connectivity index (χ3v) is 4.79. The van der Waals surface area contributed by atoms with Gasteiger partial charge in [-0.15, -0.1) is 0 Å². The summed E-state index contributed by atoms with van der Waals surface area (Å²) < 4.78 is 2.28. The summed E-state index contributed by atoms with van der Waals surface area (Å²) in [5, 5.41) is 1.34. The quantitative estimate of drug-likeness (QED) is 0.910. The number of aryl methyl sites for hydroxylation is 1. The molecule has 0 fully saturated rings. The summed E-state index contributed by atoms with van der Waals surface area (Å²) in [5.41, 5.74) is 13.0. The molecule has 1 aromatic carbocycles. The van der Waals surface area contributed by atoms with Gasteiger partial charge in [-0.25, -0.2) is 0 Å². The third kappa shape index (κ3) is 1.88. The predicted molar refractivity (Wildman–Crippen MR) is 84.6 cm³/mol. The van der Waals surface area contributed by atoms with Crippen LogP contribution in [0.25, 0.3) is 10.9 Å². The summed E-state index contributed by atoms with van der Waals surface area (Å²) in [6.07, 6.45) is 0. The van der Waals surface area contributed by atoms with Gasteiger partial charge in [0.15, 0.2) is 0 Å². The molecule has 2 N–H and O–H groups in total. The fourth-order valence-electron chi connectivity index (χ4n) is 3.45. The van der Waals surface area contributed by atoms with E-state index in [-0.39, 0.29) is 6.04 Å². The second-order valence-electron chi connectivity index (χ2n) is 6.48. The molecule has 1 unspecified atom stereocenters. The monoisotopic (exact) mass is 271 g/mol. The topological polar surface area (TPSA) is 34.2 Å². The highest BCUT2D eigenvalue weighted by Crippen LogP contribution is 2.34. The van der Waals surface area contributed by atoms with E-state index in [9.17, 15) is 0 Å². The van der Waals surface area contributed by atoms with Gasteiger partial charge in [0.1, 0.15) is 0 Å². The van der Waals surface area contributed by atoms with E-state index in [1.165, 1.54) is 33.3 Å². The van der Waals surface area contributed by atoms with Crippen LogP contribution in [0, 0.1) is 6.92 Å². The van der Waals surface area contributed by atoms with Gasteiger partial charge >= 0.3 is 0 Å². The molecule has 3 rings (SSSR count). The van der Waals surface area contributed by atoms with Crippen LogP contribution in [0.4, 0.5) is 0 Å². The minimum absolute atomic E-state index is 0.0827. The molecule has 1 aliphatic heterocycles. The molecule has 1 aliphatic rings. The van der Waals surface area contributed by atoms with Crippen molar-refractivity contribution >= 4 is 10.9 Å². The van der Waals surface area contributed by atoms with Crippen LogP contribution in [-0.4, -0.2) is 15.5 Å². The van der Waals surface area contributed by atoms with Gasteiger partial charge in [-0.05, 0) is 56.5 Å². The predicted octanol–water partition coefficient (Wildman–Crippen LogP) is 3.23. The van der Waals surface area contributed by atoms with Crippen LogP contribution in [0.3, 0.4) is 0 Å². The highest BCUT2D eigenvalue weighted by molar-refractivity contribution is 5.87. The summed E-state index contributed by atoms with van der Waals surface area (Å²) >= 11 is 0. The first-order valence-corrected chi connectivity index (χ1v) is 7.50. The second-order valence-corrected chi connectivity index (χ2v) is 6.48. The highest BCUT2D eigenvalue weighted by atomic mass is 15.2. The van der Waals surface area contributed by atoms with Crippen LogP contribution in [-0.2, 0) is 20.1 Å². The fourth-order valence-corrected chi connectivity index (χ4v) is 3.45. The maximum Gasteiger partial charge on any atom is 0.0486 e. The summed E-state index contributed by atoms with van der Waals surface area (Å²) in [4.78, 5) is 2.52. The summed E-state index contributed by atoms with van der Waals surface area (Å²) in [6, 6.07) is 5.42. The van der Waals surface area contributed by atoms with Gasteiger partial charge in [0.05, 0.1) is 0 Å².